The molecule has 0 aliphatic heterocycles. The van der Waals surface area contributed by atoms with E-state index in [4.69, 9.17) is 18.9 Å². The van der Waals surface area contributed by atoms with Crippen LogP contribution in [0.15, 0.2) is 18.2 Å². The molecule has 0 spiro atoms. The van der Waals surface area contributed by atoms with Crippen molar-refractivity contribution in [3.05, 3.63) is 23.8 Å². The Hall–Kier alpha value is -1.30. The fraction of sp³-hybridized carbons (Fsp3) is 0.647. The summed E-state index contributed by atoms with van der Waals surface area (Å²) in [5.41, 5.74) is 1.16. The lowest BCUT2D eigenvalue weighted by Gasteiger charge is -2.23. The maximum absolute atomic E-state index is 5.57. The first kappa shape index (κ1) is 18.7. The van der Waals surface area contributed by atoms with Crippen LogP contribution in [-0.4, -0.2) is 40.3 Å². The molecule has 0 unspecified atom stereocenters. The maximum atomic E-state index is 5.57. The van der Waals surface area contributed by atoms with Crippen molar-refractivity contribution < 1.29 is 18.9 Å². The lowest BCUT2D eigenvalue weighted by Crippen LogP contribution is -2.34. The van der Waals surface area contributed by atoms with E-state index in [1.54, 1.807) is 14.2 Å². The first-order chi connectivity index (χ1) is 10.7. The highest BCUT2D eigenvalue weighted by atomic mass is 16.7. The summed E-state index contributed by atoms with van der Waals surface area (Å²) < 4.78 is 21.8. The van der Waals surface area contributed by atoms with Gasteiger partial charge in [0.2, 0.25) is 0 Å². The topological polar surface area (TPSA) is 49.0 Å². The SMILES string of the molecule is CCOC(CN[C@H](CC)c1ccc(OC)c(OC)c1)OCC. The standard InChI is InChI=1S/C17H29NO4/c1-6-14(18-12-17(21-7-2)22-8-3)13-9-10-15(19-4)16(11-13)20-5/h9-11,14,17-18H,6-8,12H2,1-5H3/t14-/m1/s1. The van der Waals surface area contributed by atoms with Gasteiger partial charge in [-0.15, -0.1) is 0 Å². The Morgan fingerprint density at radius 3 is 2.09 bits per heavy atom. The first-order valence-electron chi connectivity index (χ1n) is 7.88. The van der Waals surface area contributed by atoms with Gasteiger partial charge in [-0.1, -0.05) is 13.0 Å². The van der Waals surface area contributed by atoms with E-state index >= 15 is 0 Å². The van der Waals surface area contributed by atoms with E-state index in [2.05, 4.69) is 18.3 Å². The van der Waals surface area contributed by atoms with Gasteiger partial charge in [0.15, 0.2) is 17.8 Å². The molecule has 0 amide bonds. The number of benzene rings is 1. The highest BCUT2D eigenvalue weighted by Crippen LogP contribution is 2.30. The zero-order valence-electron chi connectivity index (χ0n) is 14.3. The van der Waals surface area contributed by atoms with Crippen LogP contribution in [0.3, 0.4) is 0 Å². The molecule has 0 saturated heterocycles. The zero-order chi connectivity index (χ0) is 16.4. The molecule has 22 heavy (non-hydrogen) atoms. The van der Waals surface area contributed by atoms with E-state index in [0.717, 1.165) is 23.5 Å². The van der Waals surface area contributed by atoms with Gasteiger partial charge in [0.05, 0.1) is 14.2 Å². The summed E-state index contributed by atoms with van der Waals surface area (Å²) in [7, 11) is 3.29. The number of hydrogen-bond donors (Lipinski definition) is 1. The summed E-state index contributed by atoms with van der Waals surface area (Å²) in [5, 5.41) is 3.50. The van der Waals surface area contributed by atoms with Crippen LogP contribution in [0.25, 0.3) is 0 Å². The number of nitrogens with one attached hydrogen (secondary N) is 1. The smallest absolute Gasteiger partial charge is 0.169 e. The molecule has 1 aromatic rings. The molecule has 126 valence electrons. The van der Waals surface area contributed by atoms with E-state index < -0.39 is 0 Å². The Bertz CT molecular complexity index is 419. The third-order valence-corrected chi connectivity index (χ3v) is 3.45. The Kier molecular flexibility index (Phi) is 8.89. The summed E-state index contributed by atoms with van der Waals surface area (Å²) in [4.78, 5) is 0. The van der Waals surface area contributed by atoms with Crippen LogP contribution >= 0.6 is 0 Å². The number of ether oxygens (including phenoxy) is 4. The van der Waals surface area contributed by atoms with E-state index in [9.17, 15) is 0 Å². The molecular weight excluding hydrogens is 282 g/mol. The number of rotatable bonds is 11. The summed E-state index contributed by atoms with van der Waals surface area (Å²) >= 11 is 0. The quantitative estimate of drug-likeness (QED) is 0.636. The molecule has 0 radical (unpaired) electrons. The van der Waals surface area contributed by atoms with Gasteiger partial charge in [0.25, 0.3) is 0 Å². The highest BCUT2D eigenvalue weighted by Gasteiger charge is 2.15. The average molecular weight is 311 g/mol. The van der Waals surface area contributed by atoms with Crippen molar-refractivity contribution in [2.24, 2.45) is 0 Å². The Balaban J connectivity index is 2.74. The van der Waals surface area contributed by atoms with Crippen molar-refractivity contribution in [2.45, 2.75) is 39.5 Å². The molecule has 0 aliphatic carbocycles. The van der Waals surface area contributed by atoms with E-state index in [1.165, 1.54) is 0 Å². The van der Waals surface area contributed by atoms with Gasteiger partial charge >= 0.3 is 0 Å². The van der Waals surface area contributed by atoms with Crippen molar-refractivity contribution in [1.29, 1.82) is 0 Å². The van der Waals surface area contributed by atoms with Gasteiger partial charge in [-0.3, -0.25) is 0 Å². The maximum Gasteiger partial charge on any atom is 0.169 e. The van der Waals surface area contributed by atoms with Crippen molar-refractivity contribution in [3.8, 4) is 11.5 Å². The lowest BCUT2D eigenvalue weighted by atomic mass is 10.0. The van der Waals surface area contributed by atoms with Crippen LogP contribution in [-0.2, 0) is 9.47 Å². The van der Waals surface area contributed by atoms with Gasteiger partial charge in [-0.25, -0.2) is 0 Å². The minimum atomic E-state index is -0.218. The molecule has 0 saturated carbocycles. The van der Waals surface area contributed by atoms with Gasteiger partial charge in [-0.2, -0.15) is 0 Å². The number of methoxy groups -OCH3 is 2. The predicted molar refractivity (Wildman–Crippen MR) is 87.6 cm³/mol. The minimum Gasteiger partial charge on any atom is -0.493 e. The van der Waals surface area contributed by atoms with Crippen LogP contribution in [0.1, 0.15) is 38.8 Å². The Morgan fingerprint density at radius 2 is 1.59 bits per heavy atom. The summed E-state index contributed by atoms with van der Waals surface area (Å²) in [5.74, 6) is 1.48. The Labute approximate surface area is 133 Å². The van der Waals surface area contributed by atoms with Crippen LogP contribution in [0.5, 0.6) is 11.5 Å². The van der Waals surface area contributed by atoms with Crippen LogP contribution in [0.2, 0.25) is 0 Å². The molecule has 5 nitrogen and oxygen atoms in total. The van der Waals surface area contributed by atoms with E-state index in [1.807, 2.05) is 26.0 Å². The highest BCUT2D eigenvalue weighted by molar-refractivity contribution is 5.43. The minimum absolute atomic E-state index is 0.211. The third kappa shape index (κ3) is 5.48. The van der Waals surface area contributed by atoms with Crippen LogP contribution in [0.4, 0.5) is 0 Å². The van der Waals surface area contributed by atoms with Gasteiger partial charge < -0.3 is 24.3 Å². The van der Waals surface area contributed by atoms with Crippen molar-refractivity contribution in [1.82, 2.24) is 5.32 Å². The molecule has 0 bridgehead atoms. The van der Waals surface area contributed by atoms with Gasteiger partial charge in [-0.05, 0) is 38.0 Å². The normalized spacial score (nSPS) is 12.5. The fourth-order valence-corrected chi connectivity index (χ4v) is 2.34. The second-order valence-corrected chi connectivity index (χ2v) is 4.82. The van der Waals surface area contributed by atoms with Crippen LogP contribution in [0, 0.1) is 0 Å². The second kappa shape index (κ2) is 10.4. The molecule has 0 fully saturated rings. The fourth-order valence-electron chi connectivity index (χ4n) is 2.34. The molecule has 1 aromatic carbocycles. The zero-order valence-corrected chi connectivity index (χ0v) is 14.3. The largest absolute Gasteiger partial charge is 0.493 e. The van der Waals surface area contributed by atoms with Gasteiger partial charge in [0.1, 0.15) is 0 Å². The average Bonchev–Trinajstić information content (AvgIpc) is 2.55. The van der Waals surface area contributed by atoms with Crippen molar-refractivity contribution in [2.75, 3.05) is 34.0 Å². The lowest BCUT2D eigenvalue weighted by molar-refractivity contribution is -0.133. The molecular formula is C17H29NO4. The number of hydrogen-bond acceptors (Lipinski definition) is 5. The predicted octanol–water partition coefficient (Wildman–Crippen LogP) is 3.14. The molecule has 0 heterocycles. The van der Waals surface area contributed by atoms with Crippen molar-refractivity contribution >= 4 is 0 Å². The molecule has 5 heteroatoms. The molecule has 0 aromatic heterocycles. The first-order valence-corrected chi connectivity index (χ1v) is 7.88. The monoisotopic (exact) mass is 311 g/mol. The summed E-state index contributed by atoms with van der Waals surface area (Å²) in [6.45, 7) is 8.01. The third-order valence-electron chi connectivity index (χ3n) is 3.45. The second-order valence-electron chi connectivity index (χ2n) is 4.82. The molecule has 1 N–H and O–H groups in total. The Morgan fingerprint density at radius 1 is 0.955 bits per heavy atom. The molecule has 1 atom stereocenters. The van der Waals surface area contributed by atoms with Crippen molar-refractivity contribution in [3.63, 3.8) is 0 Å². The molecule has 1 rings (SSSR count). The summed E-state index contributed by atoms with van der Waals surface area (Å²) in [6.07, 6.45) is 0.740. The van der Waals surface area contributed by atoms with E-state index in [0.29, 0.717) is 19.8 Å². The van der Waals surface area contributed by atoms with Gasteiger partial charge in [0, 0.05) is 25.8 Å². The molecule has 0 aliphatic rings. The van der Waals surface area contributed by atoms with E-state index in [-0.39, 0.29) is 12.3 Å². The summed E-state index contributed by atoms with van der Waals surface area (Å²) in [6, 6.07) is 6.21. The van der Waals surface area contributed by atoms with Crippen LogP contribution < -0.4 is 14.8 Å².